The maximum absolute atomic E-state index is 9.12. The van der Waals surface area contributed by atoms with E-state index in [0.29, 0.717) is 11.2 Å². The molecule has 6 nitrogen and oxygen atoms in total. The van der Waals surface area contributed by atoms with Gasteiger partial charge < -0.3 is 4.42 Å². The molecule has 0 N–H and O–H groups in total. The zero-order chi connectivity index (χ0) is 17.1. The molecule has 0 fully saturated rings. The highest BCUT2D eigenvalue weighted by molar-refractivity contribution is 7.94. The molecule has 0 atom stereocenters. The number of nitriles is 1. The summed E-state index contributed by atoms with van der Waals surface area (Å²) in [6.45, 7) is 0. The molecule has 1 aromatic carbocycles. The number of furan rings is 1. The molecule has 122 valence electrons. The Balaban J connectivity index is 1.66. The lowest BCUT2D eigenvalue weighted by Crippen LogP contribution is -2.07. The van der Waals surface area contributed by atoms with E-state index in [4.69, 9.17) is 19.0 Å². The first kappa shape index (κ1) is 15.3. The van der Waals surface area contributed by atoms with Crippen LogP contribution in [0, 0.1) is 11.3 Å². The third-order valence-electron chi connectivity index (χ3n) is 3.56. The first-order chi connectivity index (χ1) is 12.3. The van der Waals surface area contributed by atoms with Crippen LogP contribution in [0.25, 0.3) is 22.2 Å². The predicted octanol–water partition coefficient (Wildman–Crippen LogP) is 4.24. The standard InChI is InChI=1S/C18H11N3O3S/c19-9-13-8-16-17(14-6-7-22-12-14)11-21(18(16)20-10-13)23-24-25-15-4-2-1-3-5-15/h1-8,10-12H. The molecule has 4 rings (SSSR count). The Labute approximate surface area is 147 Å². The van der Waals surface area contributed by atoms with Gasteiger partial charge in [-0.25, -0.2) is 9.97 Å². The third-order valence-corrected chi connectivity index (χ3v) is 4.15. The fraction of sp³-hybridized carbons (Fsp3) is 0. The molecule has 0 amide bonds. The van der Waals surface area contributed by atoms with Gasteiger partial charge >= 0.3 is 0 Å². The Kier molecular flexibility index (Phi) is 4.12. The second kappa shape index (κ2) is 6.73. The maximum atomic E-state index is 9.12. The molecule has 4 aromatic rings. The molecule has 0 radical (unpaired) electrons. The molecule has 0 aliphatic heterocycles. The summed E-state index contributed by atoms with van der Waals surface area (Å²) in [6, 6.07) is 15.3. The fourth-order valence-electron chi connectivity index (χ4n) is 2.41. The Bertz CT molecular complexity index is 1040. The largest absolute Gasteiger partial charge is 0.472 e. The summed E-state index contributed by atoms with van der Waals surface area (Å²) in [7, 11) is 0. The van der Waals surface area contributed by atoms with Crippen LogP contribution in [0.15, 0.2) is 76.7 Å². The minimum Gasteiger partial charge on any atom is -0.472 e. The second-order valence-electron chi connectivity index (χ2n) is 5.13. The Morgan fingerprint density at radius 3 is 2.84 bits per heavy atom. The zero-order valence-electron chi connectivity index (χ0n) is 12.8. The normalized spacial score (nSPS) is 10.7. The van der Waals surface area contributed by atoms with Crippen LogP contribution in [-0.2, 0) is 4.33 Å². The Hall–Kier alpha value is -3.21. The number of aromatic nitrogens is 2. The summed E-state index contributed by atoms with van der Waals surface area (Å²) < 4.78 is 11.8. The van der Waals surface area contributed by atoms with E-state index in [2.05, 4.69) is 11.1 Å². The van der Waals surface area contributed by atoms with Crippen molar-refractivity contribution in [3.63, 3.8) is 0 Å². The number of nitrogens with zero attached hydrogens (tertiary/aromatic N) is 3. The van der Waals surface area contributed by atoms with Crippen LogP contribution in [0.3, 0.4) is 0 Å². The third kappa shape index (κ3) is 3.08. The first-order valence-corrected chi connectivity index (χ1v) is 8.10. The van der Waals surface area contributed by atoms with Gasteiger partial charge in [-0.05, 0) is 24.3 Å². The highest BCUT2D eigenvalue weighted by atomic mass is 32.2. The summed E-state index contributed by atoms with van der Waals surface area (Å²) in [6.07, 6.45) is 6.45. The molecule has 7 heteroatoms. The second-order valence-corrected chi connectivity index (χ2v) is 5.90. The number of rotatable bonds is 5. The van der Waals surface area contributed by atoms with Crippen LogP contribution in [0.2, 0.25) is 0 Å². The fourth-order valence-corrected chi connectivity index (χ4v) is 2.85. The topological polar surface area (TPSA) is 73.2 Å². The monoisotopic (exact) mass is 349 g/mol. The summed E-state index contributed by atoms with van der Waals surface area (Å²) >= 11 is 1.10. The number of fused-ring (bicyclic) bond motifs is 1. The summed E-state index contributed by atoms with van der Waals surface area (Å²) in [5.41, 5.74) is 2.71. The van der Waals surface area contributed by atoms with Crippen molar-refractivity contribution in [3.05, 3.63) is 72.9 Å². The van der Waals surface area contributed by atoms with Crippen molar-refractivity contribution < 1.29 is 13.7 Å². The first-order valence-electron chi connectivity index (χ1n) is 7.35. The highest BCUT2D eigenvalue weighted by Crippen LogP contribution is 2.30. The van der Waals surface area contributed by atoms with Gasteiger partial charge in [0, 0.05) is 27.6 Å². The van der Waals surface area contributed by atoms with E-state index in [1.54, 1.807) is 24.8 Å². The van der Waals surface area contributed by atoms with E-state index in [1.807, 2.05) is 36.4 Å². The molecule has 0 saturated carbocycles. The molecule has 25 heavy (non-hydrogen) atoms. The Morgan fingerprint density at radius 2 is 2.08 bits per heavy atom. The Morgan fingerprint density at radius 1 is 1.20 bits per heavy atom. The maximum Gasteiger partial charge on any atom is 0.179 e. The quantitative estimate of drug-likeness (QED) is 0.305. The van der Waals surface area contributed by atoms with Gasteiger partial charge in [-0.1, -0.05) is 22.5 Å². The predicted molar refractivity (Wildman–Crippen MR) is 92.1 cm³/mol. The van der Waals surface area contributed by atoms with E-state index < -0.39 is 0 Å². The van der Waals surface area contributed by atoms with Crippen molar-refractivity contribution >= 4 is 23.1 Å². The van der Waals surface area contributed by atoms with Gasteiger partial charge in [0.15, 0.2) is 5.65 Å². The minimum atomic E-state index is 0.467. The van der Waals surface area contributed by atoms with Crippen molar-refractivity contribution in [1.29, 1.82) is 5.26 Å². The highest BCUT2D eigenvalue weighted by Gasteiger charge is 2.15. The lowest BCUT2D eigenvalue weighted by atomic mass is 10.1. The van der Waals surface area contributed by atoms with E-state index in [-0.39, 0.29) is 0 Å². The lowest BCUT2D eigenvalue weighted by Gasteiger charge is -2.04. The van der Waals surface area contributed by atoms with Gasteiger partial charge in [-0.3, -0.25) is 0 Å². The van der Waals surface area contributed by atoms with Gasteiger partial charge in [0.2, 0.25) is 0 Å². The SMILES string of the molecule is N#Cc1cnc2c(c1)c(-c1ccoc1)cn2OOSc1ccccc1. The van der Waals surface area contributed by atoms with E-state index in [0.717, 1.165) is 33.5 Å². The number of hydrogen-bond acceptors (Lipinski definition) is 6. The molecule has 3 heterocycles. The molecule has 0 saturated heterocycles. The van der Waals surface area contributed by atoms with Crippen LogP contribution < -0.4 is 4.99 Å². The summed E-state index contributed by atoms with van der Waals surface area (Å²) in [4.78, 5) is 10.6. The van der Waals surface area contributed by atoms with Crippen LogP contribution in [0.1, 0.15) is 5.56 Å². The molecule has 0 unspecified atom stereocenters. The molecule has 0 aliphatic carbocycles. The van der Waals surface area contributed by atoms with Gasteiger partial charge in [0.25, 0.3) is 0 Å². The number of pyridine rings is 1. The molecular weight excluding hydrogens is 338 g/mol. The van der Waals surface area contributed by atoms with Crippen LogP contribution in [-0.4, -0.2) is 9.71 Å². The van der Waals surface area contributed by atoms with Gasteiger partial charge in [0.05, 0.1) is 36.3 Å². The van der Waals surface area contributed by atoms with Gasteiger partial charge in [-0.15, -0.1) is 4.73 Å². The van der Waals surface area contributed by atoms with E-state index >= 15 is 0 Å². The number of hydrogen-bond donors (Lipinski definition) is 0. The molecular formula is C18H11N3O3S. The van der Waals surface area contributed by atoms with Crippen molar-refractivity contribution in [3.8, 4) is 17.2 Å². The average Bonchev–Trinajstić information content (AvgIpc) is 3.30. The van der Waals surface area contributed by atoms with Gasteiger partial charge in [0.1, 0.15) is 6.07 Å². The smallest absolute Gasteiger partial charge is 0.179 e. The molecule has 0 bridgehead atoms. The van der Waals surface area contributed by atoms with Crippen LogP contribution >= 0.6 is 12.0 Å². The molecule has 0 spiro atoms. The lowest BCUT2D eigenvalue weighted by molar-refractivity contribution is -0.188. The average molecular weight is 349 g/mol. The number of benzene rings is 1. The van der Waals surface area contributed by atoms with E-state index in [9.17, 15) is 0 Å². The van der Waals surface area contributed by atoms with Crippen molar-refractivity contribution in [2.75, 3.05) is 0 Å². The minimum absolute atomic E-state index is 0.467. The van der Waals surface area contributed by atoms with Crippen molar-refractivity contribution in [2.45, 2.75) is 4.90 Å². The van der Waals surface area contributed by atoms with Gasteiger partial charge in [-0.2, -0.15) is 5.26 Å². The van der Waals surface area contributed by atoms with Crippen LogP contribution in [0.4, 0.5) is 0 Å². The molecule has 0 aliphatic rings. The molecule has 3 aromatic heterocycles. The van der Waals surface area contributed by atoms with Crippen molar-refractivity contribution in [1.82, 2.24) is 9.71 Å². The van der Waals surface area contributed by atoms with Crippen molar-refractivity contribution in [2.24, 2.45) is 0 Å². The summed E-state index contributed by atoms with van der Waals surface area (Å²) in [5.74, 6) is 0. The summed E-state index contributed by atoms with van der Waals surface area (Å²) in [5, 5.41) is 9.89. The zero-order valence-corrected chi connectivity index (χ0v) is 13.6. The van der Waals surface area contributed by atoms with Crippen LogP contribution in [0.5, 0.6) is 0 Å². The van der Waals surface area contributed by atoms with E-state index in [1.165, 1.54) is 10.9 Å².